The van der Waals surface area contributed by atoms with Crippen molar-refractivity contribution >= 4 is 0 Å². The summed E-state index contributed by atoms with van der Waals surface area (Å²) in [5, 5.41) is 0. The van der Waals surface area contributed by atoms with Gasteiger partial charge in [-0.15, -0.1) is 0 Å². The van der Waals surface area contributed by atoms with Crippen molar-refractivity contribution in [3.63, 3.8) is 0 Å². The van der Waals surface area contributed by atoms with Crippen LogP contribution < -0.4 is 0 Å². The molecule has 0 aromatic rings. The maximum absolute atomic E-state index is 5.44. The predicted octanol–water partition coefficient (Wildman–Crippen LogP) is 3.24. The molecule has 0 fully saturated rings. The molecule has 0 aliphatic rings. The van der Waals surface area contributed by atoms with Gasteiger partial charge in [0.25, 0.3) is 0 Å². The Balaban J connectivity index is 0. The van der Waals surface area contributed by atoms with E-state index in [2.05, 4.69) is 20.8 Å². The van der Waals surface area contributed by atoms with Crippen LogP contribution in [0.2, 0.25) is 0 Å². The molecule has 0 aliphatic carbocycles. The van der Waals surface area contributed by atoms with E-state index >= 15 is 0 Å². The highest BCUT2D eigenvalue weighted by atomic mass is 16.5. The molecule has 10 heavy (non-hydrogen) atoms. The third-order valence-electron chi connectivity index (χ3n) is 0.589. The zero-order chi connectivity index (χ0) is 8.78. The monoisotopic (exact) mass is 146 g/mol. The van der Waals surface area contributed by atoms with Crippen LogP contribution in [-0.2, 0) is 4.74 Å². The van der Waals surface area contributed by atoms with Crippen LogP contribution in [-0.4, -0.2) is 11.7 Å². The number of hydrogen-bond acceptors (Lipinski definition) is 1. The van der Waals surface area contributed by atoms with Gasteiger partial charge in [0.15, 0.2) is 0 Å². The third-order valence-corrected chi connectivity index (χ3v) is 0.589. The quantitative estimate of drug-likeness (QED) is 0.552. The van der Waals surface area contributed by atoms with E-state index in [9.17, 15) is 0 Å². The first-order chi connectivity index (χ1) is 4.42. The molecule has 0 amide bonds. The normalized spacial score (nSPS) is 10.8. The van der Waals surface area contributed by atoms with Crippen LogP contribution in [0.4, 0.5) is 0 Å². The average molecular weight is 146 g/mol. The van der Waals surface area contributed by atoms with Crippen LogP contribution in [0.15, 0.2) is 0 Å². The van der Waals surface area contributed by atoms with Crippen molar-refractivity contribution in [2.75, 3.05) is 0 Å². The fourth-order valence-electron chi connectivity index (χ4n) is 0.707. The lowest BCUT2D eigenvalue weighted by Crippen LogP contribution is -2.23. The summed E-state index contributed by atoms with van der Waals surface area (Å²) in [4.78, 5) is 0. The lowest BCUT2D eigenvalue weighted by Gasteiger charge is -2.22. The molecule has 0 saturated carbocycles. The van der Waals surface area contributed by atoms with Gasteiger partial charge < -0.3 is 4.74 Å². The molecule has 0 spiro atoms. The summed E-state index contributed by atoms with van der Waals surface area (Å²) < 4.78 is 5.44. The van der Waals surface area contributed by atoms with E-state index < -0.39 is 0 Å². The van der Waals surface area contributed by atoms with Crippen LogP contribution in [0.5, 0.6) is 0 Å². The SMILES string of the molecule is CC.CC(C)OC(C)(C)C. The maximum Gasteiger partial charge on any atom is 0.0601 e. The van der Waals surface area contributed by atoms with E-state index in [0.29, 0.717) is 6.10 Å². The first-order valence-electron chi connectivity index (χ1n) is 4.09. The Morgan fingerprint density at radius 1 is 1.00 bits per heavy atom. The smallest absolute Gasteiger partial charge is 0.0601 e. The van der Waals surface area contributed by atoms with Crippen molar-refractivity contribution in [2.45, 2.75) is 60.2 Å². The Morgan fingerprint density at radius 3 is 1.30 bits per heavy atom. The molecule has 0 atom stereocenters. The molecule has 0 rings (SSSR count). The molecule has 0 saturated heterocycles. The van der Waals surface area contributed by atoms with Crippen LogP contribution in [0.3, 0.4) is 0 Å². The molecule has 0 aliphatic heterocycles. The Bertz CT molecular complexity index is 59.6. The first-order valence-corrected chi connectivity index (χ1v) is 4.09. The van der Waals surface area contributed by atoms with E-state index in [1.807, 2.05) is 27.7 Å². The second-order valence-corrected chi connectivity index (χ2v) is 3.28. The van der Waals surface area contributed by atoms with Gasteiger partial charge in [-0.1, -0.05) is 13.8 Å². The Hall–Kier alpha value is -0.0400. The molecule has 0 unspecified atom stereocenters. The standard InChI is InChI=1S/C7H16O.C2H6/c1-6(2)8-7(3,4)5;1-2/h6H,1-5H3;1-2H3. The van der Waals surface area contributed by atoms with E-state index in [4.69, 9.17) is 4.74 Å². The number of hydrogen-bond donors (Lipinski definition) is 0. The first kappa shape index (κ1) is 12.6. The molecular weight excluding hydrogens is 124 g/mol. The van der Waals surface area contributed by atoms with E-state index in [1.165, 1.54) is 0 Å². The highest BCUT2D eigenvalue weighted by Gasteiger charge is 2.10. The molecule has 0 aromatic heterocycles. The molecule has 1 heteroatoms. The molecule has 0 N–H and O–H groups in total. The van der Waals surface area contributed by atoms with Crippen LogP contribution in [0.25, 0.3) is 0 Å². The summed E-state index contributed by atoms with van der Waals surface area (Å²) >= 11 is 0. The molecular formula is C9H22O. The lowest BCUT2D eigenvalue weighted by molar-refractivity contribution is -0.0424. The van der Waals surface area contributed by atoms with Crippen molar-refractivity contribution < 1.29 is 4.74 Å². The van der Waals surface area contributed by atoms with Crippen LogP contribution >= 0.6 is 0 Å². The summed E-state index contributed by atoms with van der Waals surface area (Å²) in [6, 6.07) is 0. The summed E-state index contributed by atoms with van der Waals surface area (Å²) in [7, 11) is 0. The van der Waals surface area contributed by atoms with Crippen molar-refractivity contribution in [1.82, 2.24) is 0 Å². The number of rotatable bonds is 1. The molecule has 64 valence electrons. The van der Waals surface area contributed by atoms with Gasteiger partial charge in [0.2, 0.25) is 0 Å². The van der Waals surface area contributed by atoms with Crippen LogP contribution in [0.1, 0.15) is 48.5 Å². The predicted molar refractivity (Wildman–Crippen MR) is 47.3 cm³/mol. The minimum absolute atomic E-state index is 0.0220. The fourth-order valence-corrected chi connectivity index (χ4v) is 0.707. The summed E-state index contributed by atoms with van der Waals surface area (Å²) in [5.74, 6) is 0. The lowest BCUT2D eigenvalue weighted by atomic mass is 10.2. The molecule has 0 radical (unpaired) electrons. The minimum atomic E-state index is 0.0220. The second-order valence-electron chi connectivity index (χ2n) is 3.28. The molecule has 0 heterocycles. The van der Waals surface area contributed by atoms with Crippen molar-refractivity contribution in [1.29, 1.82) is 0 Å². The zero-order valence-corrected chi connectivity index (χ0v) is 8.49. The number of ether oxygens (including phenoxy) is 1. The minimum Gasteiger partial charge on any atom is -0.373 e. The highest BCUT2D eigenvalue weighted by molar-refractivity contribution is 4.59. The maximum atomic E-state index is 5.44. The second kappa shape index (κ2) is 5.72. The topological polar surface area (TPSA) is 9.23 Å². The van der Waals surface area contributed by atoms with Crippen LogP contribution in [0, 0.1) is 0 Å². The Kier molecular flexibility index (Phi) is 7.22. The fraction of sp³-hybridized carbons (Fsp3) is 1.00. The molecule has 0 bridgehead atoms. The van der Waals surface area contributed by atoms with Gasteiger partial charge >= 0.3 is 0 Å². The Labute approximate surface area is 65.8 Å². The van der Waals surface area contributed by atoms with Gasteiger partial charge in [0, 0.05) is 0 Å². The summed E-state index contributed by atoms with van der Waals surface area (Å²) in [6.07, 6.45) is 0.343. The van der Waals surface area contributed by atoms with Crippen molar-refractivity contribution in [2.24, 2.45) is 0 Å². The average Bonchev–Trinajstić information content (AvgIpc) is 1.64. The van der Waals surface area contributed by atoms with E-state index in [-0.39, 0.29) is 5.60 Å². The van der Waals surface area contributed by atoms with Gasteiger partial charge in [-0.3, -0.25) is 0 Å². The summed E-state index contributed by atoms with van der Waals surface area (Å²) in [6.45, 7) is 14.3. The van der Waals surface area contributed by atoms with E-state index in [0.717, 1.165) is 0 Å². The van der Waals surface area contributed by atoms with Crippen molar-refractivity contribution in [3.05, 3.63) is 0 Å². The van der Waals surface area contributed by atoms with Gasteiger partial charge in [0.05, 0.1) is 11.7 Å². The molecule has 0 aromatic carbocycles. The highest BCUT2D eigenvalue weighted by Crippen LogP contribution is 2.09. The Morgan fingerprint density at radius 2 is 1.30 bits per heavy atom. The van der Waals surface area contributed by atoms with Gasteiger partial charge in [0.1, 0.15) is 0 Å². The largest absolute Gasteiger partial charge is 0.373 e. The third kappa shape index (κ3) is 15.7. The van der Waals surface area contributed by atoms with Gasteiger partial charge in [-0.2, -0.15) is 0 Å². The summed E-state index contributed by atoms with van der Waals surface area (Å²) in [5.41, 5.74) is 0.0220. The van der Waals surface area contributed by atoms with Crippen molar-refractivity contribution in [3.8, 4) is 0 Å². The zero-order valence-electron chi connectivity index (χ0n) is 8.49. The van der Waals surface area contributed by atoms with Gasteiger partial charge in [-0.25, -0.2) is 0 Å². The van der Waals surface area contributed by atoms with Gasteiger partial charge in [-0.05, 0) is 34.6 Å². The van der Waals surface area contributed by atoms with E-state index in [1.54, 1.807) is 0 Å². The molecule has 1 nitrogen and oxygen atoms in total.